The van der Waals surface area contributed by atoms with Gasteiger partial charge in [-0.1, -0.05) is 41.5 Å². The number of hydrogen-bond acceptors (Lipinski definition) is 2. The molecule has 20 heavy (non-hydrogen) atoms. The zero-order valence-corrected chi connectivity index (χ0v) is 12.7. The first kappa shape index (κ1) is 14.6. The van der Waals surface area contributed by atoms with Crippen molar-refractivity contribution >= 4 is 0 Å². The predicted molar refractivity (Wildman–Crippen MR) is 84.4 cm³/mol. The Kier molecular flexibility index (Phi) is 4.80. The lowest BCUT2D eigenvalue weighted by molar-refractivity contribution is 0.272. The van der Waals surface area contributed by atoms with Crippen molar-refractivity contribution in [1.29, 1.82) is 0 Å². The number of likely N-dealkylation sites (N-methyl/N-ethyl adjacent to an activating group) is 1. The van der Waals surface area contributed by atoms with Gasteiger partial charge in [0.2, 0.25) is 0 Å². The van der Waals surface area contributed by atoms with E-state index in [-0.39, 0.29) is 6.04 Å². The number of aryl methyl sites for hydroxylation is 3. The number of rotatable bonds is 5. The molecule has 1 unspecified atom stereocenters. The van der Waals surface area contributed by atoms with Gasteiger partial charge in [0.15, 0.2) is 0 Å². The summed E-state index contributed by atoms with van der Waals surface area (Å²) in [5, 5.41) is 3.34. The van der Waals surface area contributed by atoms with Gasteiger partial charge in [0, 0.05) is 0 Å². The van der Waals surface area contributed by atoms with E-state index in [1.54, 1.807) is 0 Å². The third-order valence-corrected chi connectivity index (χ3v) is 3.59. The van der Waals surface area contributed by atoms with Crippen LogP contribution in [0.5, 0.6) is 5.75 Å². The van der Waals surface area contributed by atoms with Crippen molar-refractivity contribution < 1.29 is 4.74 Å². The molecule has 0 aromatic heterocycles. The minimum absolute atomic E-state index is 0.205. The molecule has 0 aliphatic heterocycles. The molecule has 0 amide bonds. The highest BCUT2D eigenvalue weighted by molar-refractivity contribution is 5.33. The summed E-state index contributed by atoms with van der Waals surface area (Å²) in [4.78, 5) is 0. The van der Waals surface area contributed by atoms with E-state index in [0.29, 0.717) is 6.61 Å². The molecule has 0 fully saturated rings. The first-order chi connectivity index (χ1) is 9.60. The minimum atomic E-state index is 0.205. The van der Waals surface area contributed by atoms with Gasteiger partial charge >= 0.3 is 0 Å². The van der Waals surface area contributed by atoms with Crippen LogP contribution in [0.15, 0.2) is 42.5 Å². The SMILES string of the molecule is CNC(COc1ccc(C)cc1)c1ccc(C)cc1C. The molecule has 2 aromatic carbocycles. The van der Waals surface area contributed by atoms with Crippen LogP contribution < -0.4 is 10.1 Å². The lowest BCUT2D eigenvalue weighted by Gasteiger charge is -2.20. The fourth-order valence-corrected chi connectivity index (χ4v) is 2.36. The van der Waals surface area contributed by atoms with Crippen LogP contribution in [0.2, 0.25) is 0 Å². The molecule has 0 aliphatic carbocycles. The van der Waals surface area contributed by atoms with Gasteiger partial charge < -0.3 is 10.1 Å². The average Bonchev–Trinajstić information content (AvgIpc) is 2.43. The van der Waals surface area contributed by atoms with Crippen molar-refractivity contribution in [3.8, 4) is 5.75 Å². The third kappa shape index (κ3) is 3.61. The summed E-state index contributed by atoms with van der Waals surface area (Å²) in [6.45, 7) is 6.98. The highest BCUT2D eigenvalue weighted by Crippen LogP contribution is 2.20. The molecule has 0 radical (unpaired) electrons. The smallest absolute Gasteiger partial charge is 0.119 e. The molecule has 106 valence electrons. The van der Waals surface area contributed by atoms with E-state index in [0.717, 1.165) is 5.75 Å². The molecule has 0 saturated carbocycles. The van der Waals surface area contributed by atoms with Gasteiger partial charge in [-0.25, -0.2) is 0 Å². The topological polar surface area (TPSA) is 21.3 Å². The van der Waals surface area contributed by atoms with Gasteiger partial charge in [-0.15, -0.1) is 0 Å². The van der Waals surface area contributed by atoms with Crippen molar-refractivity contribution in [2.75, 3.05) is 13.7 Å². The number of ether oxygens (including phenoxy) is 1. The Hall–Kier alpha value is -1.80. The fourth-order valence-electron chi connectivity index (χ4n) is 2.36. The lowest BCUT2D eigenvalue weighted by atomic mass is 10.00. The summed E-state index contributed by atoms with van der Waals surface area (Å²) < 4.78 is 5.89. The van der Waals surface area contributed by atoms with E-state index in [1.165, 1.54) is 22.3 Å². The van der Waals surface area contributed by atoms with Gasteiger partial charge in [0.1, 0.15) is 12.4 Å². The molecule has 0 aliphatic rings. The van der Waals surface area contributed by atoms with Gasteiger partial charge in [-0.3, -0.25) is 0 Å². The van der Waals surface area contributed by atoms with Crippen molar-refractivity contribution in [2.24, 2.45) is 0 Å². The Balaban J connectivity index is 2.07. The summed E-state index contributed by atoms with van der Waals surface area (Å²) in [6, 6.07) is 14.9. The predicted octanol–water partition coefficient (Wildman–Crippen LogP) is 3.95. The summed E-state index contributed by atoms with van der Waals surface area (Å²) >= 11 is 0. The monoisotopic (exact) mass is 269 g/mol. The van der Waals surface area contributed by atoms with Gasteiger partial charge in [-0.05, 0) is 51.1 Å². The standard InChI is InChI=1S/C18H23NO/c1-13-5-8-16(9-6-13)20-12-18(19-4)17-10-7-14(2)11-15(17)3/h5-11,18-19H,12H2,1-4H3. The average molecular weight is 269 g/mol. The Morgan fingerprint density at radius 1 is 0.950 bits per heavy atom. The second kappa shape index (κ2) is 6.58. The molecule has 0 spiro atoms. The quantitative estimate of drug-likeness (QED) is 0.887. The van der Waals surface area contributed by atoms with Crippen LogP contribution in [-0.4, -0.2) is 13.7 Å². The summed E-state index contributed by atoms with van der Waals surface area (Å²) in [6.07, 6.45) is 0. The third-order valence-electron chi connectivity index (χ3n) is 3.59. The lowest BCUT2D eigenvalue weighted by Crippen LogP contribution is -2.24. The van der Waals surface area contributed by atoms with E-state index < -0.39 is 0 Å². The largest absolute Gasteiger partial charge is 0.492 e. The van der Waals surface area contributed by atoms with E-state index in [1.807, 2.05) is 19.2 Å². The van der Waals surface area contributed by atoms with Gasteiger partial charge in [-0.2, -0.15) is 0 Å². The van der Waals surface area contributed by atoms with E-state index in [2.05, 4.69) is 56.4 Å². The normalized spacial score (nSPS) is 12.2. The zero-order chi connectivity index (χ0) is 14.5. The van der Waals surface area contributed by atoms with Crippen LogP contribution in [0.4, 0.5) is 0 Å². The van der Waals surface area contributed by atoms with Crippen LogP contribution in [0.1, 0.15) is 28.3 Å². The van der Waals surface area contributed by atoms with Crippen LogP contribution in [-0.2, 0) is 0 Å². The molecule has 0 heterocycles. The summed E-state index contributed by atoms with van der Waals surface area (Å²) in [7, 11) is 1.97. The van der Waals surface area contributed by atoms with Crippen LogP contribution in [0, 0.1) is 20.8 Å². The molecular formula is C18H23NO. The maximum Gasteiger partial charge on any atom is 0.119 e. The van der Waals surface area contributed by atoms with E-state index in [4.69, 9.17) is 4.74 Å². The van der Waals surface area contributed by atoms with Gasteiger partial charge in [0.25, 0.3) is 0 Å². The zero-order valence-electron chi connectivity index (χ0n) is 12.7. The van der Waals surface area contributed by atoms with Crippen molar-refractivity contribution in [3.05, 3.63) is 64.7 Å². The number of nitrogens with one attached hydrogen (secondary N) is 1. The molecule has 2 heteroatoms. The van der Waals surface area contributed by atoms with Crippen LogP contribution >= 0.6 is 0 Å². The molecule has 0 saturated heterocycles. The number of benzene rings is 2. The molecule has 2 nitrogen and oxygen atoms in total. The maximum atomic E-state index is 5.89. The molecule has 0 bridgehead atoms. The second-order valence-corrected chi connectivity index (χ2v) is 5.33. The first-order valence-corrected chi connectivity index (χ1v) is 7.04. The minimum Gasteiger partial charge on any atom is -0.492 e. The van der Waals surface area contributed by atoms with Crippen molar-refractivity contribution in [3.63, 3.8) is 0 Å². The second-order valence-electron chi connectivity index (χ2n) is 5.33. The molecule has 2 rings (SSSR count). The number of hydrogen-bond donors (Lipinski definition) is 1. The Labute approximate surface area is 121 Å². The van der Waals surface area contributed by atoms with Crippen LogP contribution in [0.3, 0.4) is 0 Å². The Bertz CT molecular complexity index is 560. The maximum absolute atomic E-state index is 5.89. The molecule has 2 aromatic rings. The first-order valence-electron chi connectivity index (χ1n) is 7.04. The molecular weight excluding hydrogens is 246 g/mol. The fraction of sp³-hybridized carbons (Fsp3) is 0.333. The highest BCUT2D eigenvalue weighted by atomic mass is 16.5. The van der Waals surface area contributed by atoms with Crippen LogP contribution in [0.25, 0.3) is 0 Å². The Morgan fingerprint density at radius 3 is 2.20 bits per heavy atom. The summed E-state index contributed by atoms with van der Waals surface area (Å²) in [5.41, 5.74) is 5.14. The molecule has 1 N–H and O–H groups in total. The summed E-state index contributed by atoms with van der Waals surface area (Å²) in [5.74, 6) is 0.917. The van der Waals surface area contributed by atoms with Crippen molar-refractivity contribution in [1.82, 2.24) is 5.32 Å². The van der Waals surface area contributed by atoms with Gasteiger partial charge in [0.05, 0.1) is 6.04 Å². The van der Waals surface area contributed by atoms with Crippen molar-refractivity contribution in [2.45, 2.75) is 26.8 Å². The van der Waals surface area contributed by atoms with E-state index >= 15 is 0 Å². The highest BCUT2D eigenvalue weighted by Gasteiger charge is 2.12. The Morgan fingerprint density at radius 2 is 1.60 bits per heavy atom. The molecule has 1 atom stereocenters. The van der Waals surface area contributed by atoms with E-state index in [9.17, 15) is 0 Å².